The van der Waals surface area contributed by atoms with E-state index in [2.05, 4.69) is 15.9 Å². The van der Waals surface area contributed by atoms with Crippen molar-refractivity contribution in [3.8, 4) is 0 Å². The van der Waals surface area contributed by atoms with Gasteiger partial charge in [0.1, 0.15) is 9.77 Å². The molecule has 112 valence electrons. The number of fused-ring (bicyclic) bond motifs is 1. The molecule has 0 fully saturated rings. The van der Waals surface area contributed by atoms with Gasteiger partial charge in [0.2, 0.25) is 10.0 Å². The Hall–Kier alpha value is -0.740. The van der Waals surface area contributed by atoms with Gasteiger partial charge >= 0.3 is 5.97 Å². The Morgan fingerprint density at radius 2 is 2.19 bits per heavy atom. The molecule has 5 nitrogen and oxygen atoms in total. The van der Waals surface area contributed by atoms with E-state index in [-0.39, 0.29) is 9.77 Å². The topological polar surface area (TPSA) is 74.7 Å². The highest BCUT2D eigenvalue weighted by Crippen LogP contribution is 2.35. The van der Waals surface area contributed by atoms with E-state index in [1.807, 2.05) is 11.4 Å². The van der Waals surface area contributed by atoms with Crippen molar-refractivity contribution in [1.82, 2.24) is 4.31 Å². The molecule has 2 aromatic rings. The molecule has 0 bridgehead atoms. The van der Waals surface area contributed by atoms with E-state index >= 15 is 0 Å². The van der Waals surface area contributed by atoms with Crippen LogP contribution in [0.1, 0.15) is 20.1 Å². The summed E-state index contributed by atoms with van der Waals surface area (Å²) in [7, 11) is -3.69. The second kappa shape index (κ2) is 5.47. The van der Waals surface area contributed by atoms with E-state index in [9.17, 15) is 13.2 Å². The number of aromatic carboxylic acids is 1. The fraction of sp³-hybridized carbons (Fsp3) is 0.250. The van der Waals surface area contributed by atoms with Crippen LogP contribution in [-0.4, -0.2) is 30.3 Å². The lowest BCUT2D eigenvalue weighted by Gasteiger charge is -2.25. The van der Waals surface area contributed by atoms with Crippen LogP contribution in [0.15, 0.2) is 26.2 Å². The van der Waals surface area contributed by atoms with Crippen molar-refractivity contribution in [1.29, 1.82) is 0 Å². The van der Waals surface area contributed by atoms with Crippen molar-refractivity contribution < 1.29 is 18.3 Å². The van der Waals surface area contributed by atoms with Crippen molar-refractivity contribution >= 4 is 54.6 Å². The number of sulfonamides is 1. The monoisotopic (exact) mass is 407 g/mol. The van der Waals surface area contributed by atoms with Crippen LogP contribution in [0, 0.1) is 0 Å². The average Bonchev–Trinajstić information content (AvgIpc) is 3.03. The molecule has 0 saturated heterocycles. The summed E-state index contributed by atoms with van der Waals surface area (Å²) in [6, 6.07) is 3.16. The maximum Gasteiger partial charge on any atom is 0.345 e. The van der Waals surface area contributed by atoms with Gasteiger partial charge < -0.3 is 5.11 Å². The van der Waals surface area contributed by atoms with Gasteiger partial charge in [0.25, 0.3) is 0 Å². The zero-order chi connectivity index (χ0) is 15.2. The van der Waals surface area contributed by atoms with Crippen LogP contribution in [0.4, 0.5) is 0 Å². The third-order valence-corrected chi connectivity index (χ3v) is 8.36. The van der Waals surface area contributed by atoms with E-state index in [1.165, 1.54) is 15.2 Å². The lowest BCUT2D eigenvalue weighted by molar-refractivity contribution is 0.0702. The van der Waals surface area contributed by atoms with E-state index in [0.29, 0.717) is 23.3 Å². The molecule has 3 heterocycles. The van der Waals surface area contributed by atoms with Crippen molar-refractivity contribution in [2.24, 2.45) is 0 Å². The van der Waals surface area contributed by atoms with Gasteiger partial charge in [-0.2, -0.15) is 4.31 Å². The maximum atomic E-state index is 12.7. The number of rotatable bonds is 3. The molecule has 0 atom stereocenters. The van der Waals surface area contributed by atoms with Crippen LogP contribution in [0.5, 0.6) is 0 Å². The molecule has 0 unspecified atom stereocenters. The zero-order valence-corrected chi connectivity index (χ0v) is 14.6. The van der Waals surface area contributed by atoms with Crippen LogP contribution in [0.25, 0.3) is 0 Å². The Morgan fingerprint density at radius 3 is 2.86 bits per heavy atom. The number of hydrogen-bond donors (Lipinski definition) is 1. The van der Waals surface area contributed by atoms with Gasteiger partial charge in [-0.3, -0.25) is 0 Å². The molecule has 0 aromatic carbocycles. The average molecular weight is 408 g/mol. The molecule has 1 aliphatic rings. The van der Waals surface area contributed by atoms with Crippen LogP contribution in [-0.2, 0) is 23.0 Å². The van der Waals surface area contributed by atoms with Crippen molar-refractivity contribution in [3.63, 3.8) is 0 Å². The highest BCUT2D eigenvalue weighted by Gasteiger charge is 2.32. The number of thiophene rings is 2. The molecular weight excluding hydrogens is 398 g/mol. The minimum absolute atomic E-state index is 0.00804. The number of carboxylic acid groups (broad SMARTS) is 1. The fourth-order valence-corrected chi connectivity index (χ4v) is 6.86. The first kappa shape index (κ1) is 15.2. The molecule has 0 saturated carbocycles. The summed E-state index contributed by atoms with van der Waals surface area (Å²) in [6.45, 7) is 0.756. The minimum atomic E-state index is -3.69. The van der Waals surface area contributed by atoms with Crippen molar-refractivity contribution in [2.45, 2.75) is 17.9 Å². The minimum Gasteiger partial charge on any atom is -0.477 e. The highest BCUT2D eigenvalue weighted by molar-refractivity contribution is 9.11. The first-order valence-electron chi connectivity index (χ1n) is 5.97. The Bertz CT molecular complexity index is 808. The van der Waals surface area contributed by atoms with Gasteiger partial charge in [0, 0.05) is 18.0 Å². The third kappa shape index (κ3) is 2.68. The molecule has 9 heteroatoms. The predicted molar refractivity (Wildman–Crippen MR) is 84.6 cm³/mol. The summed E-state index contributed by atoms with van der Waals surface area (Å²) < 4.78 is 27.1. The SMILES string of the molecule is O=C(O)c1cc(S(=O)(=O)N2CCc3sccc3C2)c(Br)s1. The van der Waals surface area contributed by atoms with E-state index in [4.69, 9.17) is 5.11 Å². The van der Waals surface area contributed by atoms with Gasteiger partial charge in [-0.1, -0.05) is 0 Å². The molecule has 1 N–H and O–H groups in total. The van der Waals surface area contributed by atoms with Gasteiger partial charge in [-0.05, 0) is 45.4 Å². The van der Waals surface area contributed by atoms with Gasteiger partial charge in [0.05, 0.1) is 3.79 Å². The molecule has 2 aromatic heterocycles. The highest BCUT2D eigenvalue weighted by atomic mass is 79.9. The Balaban J connectivity index is 1.96. The number of hydrogen-bond acceptors (Lipinski definition) is 5. The molecule has 0 amide bonds. The smallest absolute Gasteiger partial charge is 0.345 e. The molecule has 1 aliphatic heterocycles. The summed E-state index contributed by atoms with van der Waals surface area (Å²) in [4.78, 5) is 12.2. The van der Waals surface area contributed by atoms with Crippen LogP contribution >= 0.6 is 38.6 Å². The van der Waals surface area contributed by atoms with E-state index in [0.717, 1.165) is 16.9 Å². The maximum absolute atomic E-state index is 12.7. The standard InChI is InChI=1S/C12H10BrNO4S3/c13-11-10(5-9(20-11)12(15)16)21(17,18)14-3-1-8-7(6-14)2-4-19-8/h2,4-5H,1,3,6H2,(H,15,16). The Kier molecular flexibility index (Phi) is 3.95. The quantitative estimate of drug-likeness (QED) is 0.848. The zero-order valence-electron chi connectivity index (χ0n) is 10.6. The Morgan fingerprint density at radius 1 is 1.43 bits per heavy atom. The van der Waals surface area contributed by atoms with Gasteiger partial charge in [-0.15, -0.1) is 22.7 Å². The first-order chi connectivity index (χ1) is 9.89. The summed E-state index contributed by atoms with van der Waals surface area (Å²) in [5.74, 6) is -1.12. The van der Waals surface area contributed by atoms with Crippen molar-refractivity contribution in [2.75, 3.05) is 6.54 Å². The van der Waals surface area contributed by atoms with Gasteiger partial charge in [0.15, 0.2) is 0 Å². The lowest BCUT2D eigenvalue weighted by atomic mass is 10.1. The number of carboxylic acids is 1. The number of halogens is 1. The molecule has 3 rings (SSSR count). The molecule has 0 spiro atoms. The summed E-state index contributed by atoms with van der Waals surface area (Å²) in [5.41, 5.74) is 1.03. The normalized spacial score (nSPS) is 15.9. The number of carbonyl (C=O) groups is 1. The second-order valence-electron chi connectivity index (χ2n) is 4.51. The van der Waals surface area contributed by atoms with Crippen LogP contribution < -0.4 is 0 Å². The molecule has 0 radical (unpaired) electrons. The second-order valence-corrected chi connectivity index (χ2v) is 9.79. The van der Waals surface area contributed by atoms with Crippen LogP contribution in [0.3, 0.4) is 0 Å². The molecular formula is C12H10BrNO4S3. The fourth-order valence-electron chi connectivity index (χ4n) is 2.20. The number of nitrogens with zero attached hydrogens (tertiary/aromatic N) is 1. The largest absolute Gasteiger partial charge is 0.477 e. The Labute approximate surface area is 138 Å². The summed E-state index contributed by atoms with van der Waals surface area (Å²) in [5, 5.41) is 10.9. The van der Waals surface area contributed by atoms with Crippen molar-refractivity contribution in [3.05, 3.63) is 36.6 Å². The first-order valence-corrected chi connectivity index (χ1v) is 9.90. The predicted octanol–water partition coefficient (Wildman–Crippen LogP) is 3.02. The third-order valence-electron chi connectivity index (χ3n) is 3.26. The molecule has 0 aliphatic carbocycles. The lowest BCUT2D eigenvalue weighted by Crippen LogP contribution is -2.35. The van der Waals surface area contributed by atoms with E-state index in [1.54, 1.807) is 11.3 Å². The molecule has 21 heavy (non-hydrogen) atoms. The van der Waals surface area contributed by atoms with E-state index < -0.39 is 16.0 Å². The van der Waals surface area contributed by atoms with Crippen LogP contribution in [0.2, 0.25) is 0 Å². The van der Waals surface area contributed by atoms with Gasteiger partial charge in [-0.25, -0.2) is 13.2 Å². The summed E-state index contributed by atoms with van der Waals surface area (Å²) in [6.07, 6.45) is 0.694. The summed E-state index contributed by atoms with van der Waals surface area (Å²) >= 11 is 5.72.